The van der Waals surface area contributed by atoms with E-state index in [1.54, 1.807) is 0 Å². The molecule has 22 heavy (non-hydrogen) atoms. The fourth-order valence-electron chi connectivity index (χ4n) is 1.93. The van der Waals surface area contributed by atoms with Crippen molar-refractivity contribution < 1.29 is 19.7 Å². The highest BCUT2D eigenvalue weighted by molar-refractivity contribution is 5.91. The van der Waals surface area contributed by atoms with Gasteiger partial charge < -0.3 is 14.9 Å². The van der Waals surface area contributed by atoms with Gasteiger partial charge in [0.2, 0.25) is 0 Å². The van der Waals surface area contributed by atoms with E-state index in [0.717, 1.165) is 19.3 Å². The molecule has 4 nitrogen and oxygen atoms in total. The second kappa shape index (κ2) is 13.1. The summed E-state index contributed by atoms with van der Waals surface area (Å²) in [5.74, 6) is -0.395. The predicted molar refractivity (Wildman–Crippen MR) is 89.6 cm³/mol. The number of esters is 1. The van der Waals surface area contributed by atoms with Crippen LogP contribution < -0.4 is 0 Å². The first-order chi connectivity index (χ1) is 10.5. The van der Waals surface area contributed by atoms with E-state index in [1.165, 1.54) is 44.4 Å². The van der Waals surface area contributed by atoms with Crippen molar-refractivity contribution >= 4 is 5.97 Å². The molecule has 0 rings (SSSR count). The third-order valence-corrected chi connectivity index (χ3v) is 3.28. The van der Waals surface area contributed by atoms with E-state index in [4.69, 9.17) is 9.84 Å². The summed E-state index contributed by atoms with van der Waals surface area (Å²) in [5, 5.41) is 18.9. The first kappa shape index (κ1) is 20.5. The van der Waals surface area contributed by atoms with Crippen LogP contribution in [0.2, 0.25) is 0 Å². The molecule has 0 saturated heterocycles. The minimum absolute atomic E-state index is 0.102. The number of hydrogen-bond acceptors (Lipinski definition) is 4. The molecule has 0 radical (unpaired) electrons. The standard InChI is InChI=1S/C18H30O4/c1-4-6-7-8-9-10-17(20)13-14-22-18(21)16(5-2)12-11-15(3)19/h5,11-12,17,19-20H,2,4,6-10,13-14H2,1,3H3/b15-11+,16-12+. The minimum atomic E-state index is -0.498. The summed E-state index contributed by atoms with van der Waals surface area (Å²) in [7, 11) is 0. The van der Waals surface area contributed by atoms with Gasteiger partial charge in [-0.25, -0.2) is 4.79 Å². The van der Waals surface area contributed by atoms with Crippen LogP contribution in [-0.2, 0) is 9.53 Å². The van der Waals surface area contributed by atoms with Gasteiger partial charge in [-0.2, -0.15) is 0 Å². The van der Waals surface area contributed by atoms with Crippen molar-refractivity contribution in [1.29, 1.82) is 0 Å². The van der Waals surface area contributed by atoms with Gasteiger partial charge in [0, 0.05) is 6.42 Å². The maximum Gasteiger partial charge on any atom is 0.338 e. The van der Waals surface area contributed by atoms with Gasteiger partial charge in [-0.05, 0) is 25.5 Å². The van der Waals surface area contributed by atoms with Crippen molar-refractivity contribution in [1.82, 2.24) is 0 Å². The zero-order chi connectivity index (χ0) is 16.8. The summed E-state index contributed by atoms with van der Waals surface area (Å²) in [4.78, 5) is 11.7. The number of unbranched alkanes of at least 4 members (excludes halogenated alkanes) is 4. The molecule has 0 fully saturated rings. The summed E-state index contributed by atoms with van der Waals surface area (Å²) in [6.07, 6.45) is 10.8. The summed E-state index contributed by atoms with van der Waals surface area (Å²) >= 11 is 0. The van der Waals surface area contributed by atoms with Gasteiger partial charge in [0.25, 0.3) is 0 Å². The van der Waals surface area contributed by atoms with Gasteiger partial charge >= 0.3 is 5.97 Å². The molecule has 0 heterocycles. The average molecular weight is 310 g/mol. The highest BCUT2D eigenvalue weighted by atomic mass is 16.5. The Balaban J connectivity index is 3.93. The Hall–Kier alpha value is -1.55. The highest BCUT2D eigenvalue weighted by Crippen LogP contribution is 2.10. The van der Waals surface area contributed by atoms with E-state index in [2.05, 4.69) is 13.5 Å². The number of aliphatic hydroxyl groups is 2. The lowest BCUT2D eigenvalue weighted by Gasteiger charge is -2.11. The van der Waals surface area contributed by atoms with Crippen LogP contribution in [0.15, 0.2) is 36.1 Å². The van der Waals surface area contributed by atoms with E-state index < -0.39 is 12.1 Å². The van der Waals surface area contributed by atoms with Crippen LogP contribution in [0, 0.1) is 0 Å². The number of ether oxygens (including phenoxy) is 1. The van der Waals surface area contributed by atoms with Crippen LogP contribution in [0.25, 0.3) is 0 Å². The van der Waals surface area contributed by atoms with Crippen LogP contribution >= 0.6 is 0 Å². The van der Waals surface area contributed by atoms with Crippen molar-refractivity contribution in [3.63, 3.8) is 0 Å². The van der Waals surface area contributed by atoms with Crippen molar-refractivity contribution in [3.05, 3.63) is 36.1 Å². The quantitative estimate of drug-likeness (QED) is 0.186. The molecule has 0 aromatic rings. The number of carbonyl (C=O) groups is 1. The Morgan fingerprint density at radius 2 is 1.86 bits per heavy atom. The summed E-state index contributed by atoms with van der Waals surface area (Å²) in [6, 6.07) is 0. The summed E-state index contributed by atoms with van der Waals surface area (Å²) in [5.41, 5.74) is 0.280. The molecule has 0 aliphatic carbocycles. The Morgan fingerprint density at radius 1 is 1.18 bits per heavy atom. The van der Waals surface area contributed by atoms with Crippen molar-refractivity contribution in [2.24, 2.45) is 0 Å². The number of aliphatic hydroxyl groups excluding tert-OH is 2. The first-order valence-electron chi connectivity index (χ1n) is 8.06. The van der Waals surface area contributed by atoms with Crippen LogP contribution in [0.1, 0.15) is 58.8 Å². The Morgan fingerprint density at radius 3 is 2.45 bits per heavy atom. The maximum absolute atomic E-state index is 11.7. The SMILES string of the molecule is C=C/C(=C\C=C(/C)O)C(=O)OCCC(O)CCCCCCC. The number of hydrogen-bond donors (Lipinski definition) is 2. The number of rotatable bonds is 12. The van der Waals surface area contributed by atoms with Crippen molar-refractivity contribution in [3.8, 4) is 0 Å². The number of allylic oxidation sites excluding steroid dienone is 3. The van der Waals surface area contributed by atoms with E-state index in [9.17, 15) is 9.90 Å². The van der Waals surface area contributed by atoms with Crippen LogP contribution in [0.4, 0.5) is 0 Å². The fraction of sp³-hybridized carbons (Fsp3) is 0.611. The van der Waals surface area contributed by atoms with Crippen molar-refractivity contribution in [2.45, 2.75) is 64.9 Å². The van der Waals surface area contributed by atoms with Crippen LogP contribution in [0.5, 0.6) is 0 Å². The summed E-state index contributed by atoms with van der Waals surface area (Å²) in [6.45, 7) is 7.41. The third kappa shape index (κ3) is 11.1. The predicted octanol–water partition coefficient (Wildman–Crippen LogP) is 4.22. The fourth-order valence-corrected chi connectivity index (χ4v) is 1.93. The molecule has 2 N–H and O–H groups in total. The molecule has 126 valence electrons. The number of carbonyl (C=O) groups excluding carboxylic acids is 1. The lowest BCUT2D eigenvalue weighted by Crippen LogP contribution is -2.14. The second-order valence-corrected chi connectivity index (χ2v) is 5.42. The normalized spacial score (nSPS) is 13.8. The Bertz CT molecular complexity index is 379. The minimum Gasteiger partial charge on any atom is -0.513 e. The smallest absolute Gasteiger partial charge is 0.338 e. The molecule has 0 saturated carbocycles. The van der Waals surface area contributed by atoms with Gasteiger partial charge in [0.15, 0.2) is 0 Å². The van der Waals surface area contributed by atoms with E-state index >= 15 is 0 Å². The Labute approximate surface area is 134 Å². The van der Waals surface area contributed by atoms with Gasteiger partial charge in [0.1, 0.15) is 0 Å². The molecule has 0 aliphatic heterocycles. The molecule has 0 aromatic heterocycles. The van der Waals surface area contributed by atoms with Crippen LogP contribution in [-0.4, -0.2) is 28.9 Å². The van der Waals surface area contributed by atoms with Crippen molar-refractivity contribution in [2.75, 3.05) is 6.61 Å². The third-order valence-electron chi connectivity index (χ3n) is 3.28. The topological polar surface area (TPSA) is 66.8 Å². The second-order valence-electron chi connectivity index (χ2n) is 5.42. The monoisotopic (exact) mass is 310 g/mol. The lowest BCUT2D eigenvalue weighted by atomic mass is 10.1. The molecule has 0 aliphatic rings. The average Bonchev–Trinajstić information content (AvgIpc) is 2.47. The molecule has 4 heteroatoms. The van der Waals surface area contributed by atoms with Crippen LogP contribution in [0.3, 0.4) is 0 Å². The van der Waals surface area contributed by atoms with Gasteiger partial charge in [-0.1, -0.05) is 51.7 Å². The molecule has 1 atom stereocenters. The molecule has 1 unspecified atom stereocenters. The molecular weight excluding hydrogens is 280 g/mol. The zero-order valence-electron chi connectivity index (χ0n) is 13.9. The lowest BCUT2D eigenvalue weighted by molar-refractivity contribution is -0.139. The molecule has 0 aromatic carbocycles. The molecular formula is C18H30O4. The van der Waals surface area contributed by atoms with Gasteiger partial charge in [0.05, 0.1) is 24.0 Å². The van der Waals surface area contributed by atoms with E-state index in [-0.39, 0.29) is 17.9 Å². The Kier molecular flexibility index (Phi) is 12.2. The van der Waals surface area contributed by atoms with E-state index in [1.807, 2.05) is 0 Å². The van der Waals surface area contributed by atoms with E-state index in [0.29, 0.717) is 6.42 Å². The molecule has 0 bridgehead atoms. The molecule has 0 spiro atoms. The maximum atomic E-state index is 11.7. The van der Waals surface area contributed by atoms with Gasteiger partial charge in [-0.3, -0.25) is 0 Å². The first-order valence-corrected chi connectivity index (χ1v) is 8.06. The summed E-state index contributed by atoms with van der Waals surface area (Å²) < 4.78 is 5.09. The largest absolute Gasteiger partial charge is 0.513 e. The zero-order valence-corrected chi connectivity index (χ0v) is 13.9. The molecule has 0 amide bonds. The highest BCUT2D eigenvalue weighted by Gasteiger charge is 2.09. The van der Waals surface area contributed by atoms with Gasteiger partial charge in [-0.15, -0.1) is 0 Å².